The lowest BCUT2D eigenvalue weighted by Crippen LogP contribution is -2.36. The summed E-state index contributed by atoms with van der Waals surface area (Å²) in [6, 6.07) is 5.89. The number of rotatable bonds is 1. The van der Waals surface area contributed by atoms with E-state index in [1.807, 2.05) is 18.2 Å². The van der Waals surface area contributed by atoms with Gasteiger partial charge in [-0.05, 0) is 37.1 Å². The van der Waals surface area contributed by atoms with Crippen molar-refractivity contribution in [3.63, 3.8) is 0 Å². The van der Waals surface area contributed by atoms with E-state index < -0.39 is 0 Å². The van der Waals surface area contributed by atoms with Crippen LogP contribution in [-0.4, -0.2) is 24.9 Å². The third-order valence-electron chi connectivity index (χ3n) is 5.02. The molecule has 0 aromatic heterocycles. The maximum Gasteiger partial charge on any atom is 0.327 e. The summed E-state index contributed by atoms with van der Waals surface area (Å²) >= 11 is 0. The van der Waals surface area contributed by atoms with E-state index in [2.05, 4.69) is 27.7 Å². The normalized spacial score (nSPS) is 23.4. The molecule has 0 N–H and O–H groups in total. The first kappa shape index (κ1) is 13.7. The first-order valence-electron chi connectivity index (χ1n) is 7.28. The smallest absolute Gasteiger partial charge is 0.327 e. The molecule has 4 heteroatoms. The molecule has 1 aromatic carbocycles. The Labute approximate surface area is 120 Å². The largest absolute Gasteiger partial charge is 0.492 e. The lowest BCUT2D eigenvalue weighted by Gasteiger charge is -2.34. The van der Waals surface area contributed by atoms with E-state index in [9.17, 15) is 4.79 Å². The highest BCUT2D eigenvalue weighted by Crippen LogP contribution is 2.45. The highest BCUT2D eigenvalue weighted by molar-refractivity contribution is 6.68. The standard InChI is InChI=1S/C16H21BO3/c1-15(2)10-17(20-16(15,3)4)11-5-6-14-12(9-11)13(18)7-8-19-14/h5-6,9H,7-8,10H2,1-4H3. The van der Waals surface area contributed by atoms with Gasteiger partial charge in [0, 0.05) is 6.42 Å². The van der Waals surface area contributed by atoms with E-state index in [4.69, 9.17) is 9.39 Å². The Kier molecular flexibility index (Phi) is 2.98. The van der Waals surface area contributed by atoms with E-state index >= 15 is 0 Å². The summed E-state index contributed by atoms with van der Waals surface area (Å²) in [6.07, 6.45) is 1.44. The van der Waals surface area contributed by atoms with Crippen molar-refractivity contribution in [3.8, 4) is 5.75 Å². The Hall–Kier alpha value is -1.29. The molecule has 3 nitrogen and oxygen atoms in total. The van der Waals surface area contributed by atoms with Crippen molar-refractivity contribution in [3.05, 3.63) is 23.8 Å². The molecule has 1 fully saturated rings. The minimum Gasteiger partial charge on any atom is -0.492 e. The highest BCUT2D eigenvalue weighted by Gasteiger charge is 2.49. The predicted molar refractivity (Wildman–Crippen MR) is 80.0 cm³/mol. The first-order chi connectivity index (χ1) is 9.30. The van der Waals surface area contributed by atoms with Crippen LogP contribution in [0, 0.1) is 5.41 Å². The molecule has 106 valence electrons. The Bertz CT molecular complexity index is 547. The van der Waals surface area contributed by atoms with Crippen LogP contribution in [0.2, 0.25) is 6.32 Å². The molecule has 3 rings (SSSR count). The fourth-order valence-corrected chi connectivity index (χ4v) is 2.93. The third kappa shape index (κ3) is 2.06. The lowest BCUT2D eigenvalue weighted by atomic mass is 9.54. The average Bonchev–Trinajstić information content (AvgIpc) is 2.59. The molecule has 0 amide bonds. The number of ether oxygens (including phenoxy) is 1. The molecule has 0 radical (unpaired) electrons. The quantitative estimate of drug-likeness (QED) is 0.737. The maximum absolute atomic E-state index is 12.0. The second-order valence-corrected chi connectivity index (χ2v) is 6.98. The van der Waals surface area contributed by atoms with Crippen molar-refractivity contribution < 1.29 is 14.2 Å². The molecule has 0 bridgehead atoms. The minimum absolute atomic E-state index is 0.0556. The van der Waals surface area contributed by atoms with Crippen LogP contribution in [0.25, 0.3) is 0 Å². The molecular formula is C16H21BO3. The number of ketones is 1. The number of carbonyl (C=O) groups is 1. The van der Waals surface area contributed by atoms with Gasteiger partial charge < -0.3 is 9.39 Å². The molecule has 0 saturated carbocycles. The van der Waals surface area contributed by atoms with E-state index in [0.29, 0.717) is 24.3 Å². The van der Waals surface area contributed by atoms with Gasteiger partial charge in [0.25, 0.3) is 0 Å². The average molecular weight is 272 g/mol. The molecule has 20 heavy (non-hydrogen) atoms. The van der Waals surface area contributed by atoms with E-state index in [0.717, 1.165) is 11.8 Å². The Morgan fingerprint density at radius 2 is 1.95 bits per heavy atom. The summed E-state index contributed by atoms with van der Waals surface area (Å²) < 4.78 is 11.8. The van der Waals surface area contributed by atoms with Gasteiger partial charge in [-0.15, -0.1) is 0 Å². The monoisotopic (exact) mass is 272 g/mol. The van der Waals surface area contributed by atoms with Crippen molar-refractivity contribution in [1.29, 1.82) is 0 Å². The third-order valence-corrected chi connectivity index (χ3v) is 5.02. The van der Waals surface area contributed by atoms with Gasteiger partial charge in [0.2, 0.25) is 0 Å². The molecule has 1 saturated heterocycles. The summed E-state index contributed by atoms with van der Waals surface area (Å²) in [5, 5.41) is 0. The zero-order valence-corrected chi connectivity index (χ0v) is 12.7. The SMILES string of the molecule is CC1(C)CB(c2ccc3c(c2)C(=O)CCO3)OC1(C)C. The van der Waals surface area contributed by atoms with Crippen LogP contribution in [0.1, 0.15) is 44.5 Å². The lowest BCUT2D eigenvalue weighted by molar-refractivity contribution is 0.0375. The summed E-state index contributed by atoms with van der Waals surface area (Å²) in [5.74, 6) is 0.881. The fraction of sp³-hybridized carbons (Fsp3) is 0.562. The molecule has 2 heterocycles. The van der Waals surface area contributed by atoms with Gasteiger partial charge in [-0.3, -0.25) is 4.79 Å². The van der Waals surface area contributed by atoms with Crippen molar-refractivity contribution in [2.75, 3.05) is 6.61 Å². The second kappa shape index (κ2) is 4.35. The van der Waals surface area contributed by atoms with Gasteiger partial charge >= 0.3 is 6.92 Å². The fourth-order valence-electron chi connectivity index (χ4n) is 2.93. The number of hydrogen-bond acceptors (Lipinski definition) is 3. The summed E-state index contributed by atoms with van der Waals surface area (Å²) in [5.41, 5.74) is 1.75. The number of Topliss-reactive ketones (excluding diaryl/α,β-unsaturated/α-hetero) is 1. The Balaban J connectivity index is 1.93. The van der Waals surface area contributed by atoms with Crippen LogP contribution in [0.4, 0.5) is 0 Å². The predicted octanol–water partition coefficient (Wildman–Crippen LogP) is 2.69. The molecule has 0 atom stereocenters. The van der Waals surface area contributed by atoms with Crippen molar-refractivity contribution in [1.82, 2.24) is 0 Å². The molecule has 2 aliphatic rings. The van der Waals surface area contributed by atoms with Gasteiger partial charge in [-0.2, -0.15) is 0 Å². The summed E-state index contributed by atoms with van der Waals surface area (Å²) in [4.78, 5) is 12.0. The number of benzene rings is 1. The molecule has 0 spiro atoms. The Morgan fingerprint density at radius 1 is 1.20 bits per heavy atom. The highest BCUT2D eigenvalue weighted by atomic mass is 16.5. The number of fused-ring (bicyclic) bond motifs is 1. The van der Waals surface area contributed by atoms with Gasteiger partial charge in [-0.1, -0.05) is 26.0 Å². The number of carbonyl (C=O) groups excluding carboxylic acids is 1. The van der Waals surface area contributed by atoms with Crippen molar-refractivity contribution in [2.24, 2.45) is 5.41 Å². The Morgan fingerprint density at radius 3 is 2.60 bits per heavy atom. The molecule has 0 aliphatic carbocycles. The number of hydrogen-bond donors (Lipinski definition) is 0. The molecule has 1 aromatic rings. The van der Waals surface area contributed by atoms with Gasteiger partial charge in [0.1, 0.15) is 5.75 Å². The minimum atomic E-state index is -0.159. The van der Waals surface area contributed by atoms with Crippen LogP contribution < -0.4 is 10.2 Å². The van der Waals surface area contributed by atoms with E-state index in [1.54, 1.807) is 0 Å². The van der Waals surface area contributed by atoms with Gasteiger partial charge in [0.05, 0.1) is 17.8 Å². The summed E-state index contributed by atoms with van der Waals surface area (Å²) in [7, 11) is 0. The summed E-state index contributed by atoms with van der Waals surface area (Å²) in [6.45, 7) is 9.30. The van der Waals surface area contributed by atoms with Gasteiger partial charge in [-0.25, -0.2) is 0 Å². The van der Waals surface area contributed by atoms with Crippen LogP contribution in [0.3, 0.4) is 0 Å². The molecule has 2 aliphatic heterocycles. The van der Waals surface area contributed by atoms with Crippen LogP contribution in [0.5, 0.6) is 5.75 Å². The molecule has 0 unspecified atom stereocenters. The zero-order chi connectivity index (χ0) is 14.5. The molecular weight excluding hydrogens is 251 g/mol. The van der Waals surface area contributed by atoms with E-state index in [1.165, 1.54) is 0 Å². The van der Waals surface area contributed by atoms with Crippen LogP contribution >= 0.6 is 0 Å². The first-order valence-corrected chi connectivity index (χ1v) is 7.28. The van der Waals surface area contributed by atoms with E-state index in [-0.39, 0.29) is 23.7 Å². The van der Waals surface area contributed by atoms with Crippen molar-refractivity contribution >= 4 is 18.2 Å². The van der Waals surface area contributed by atoms with Crippen LogP contribution in [0.15, 0.2) is 18.2 Å². The zero-order valence-electron chi connectivity index (χ0n) is 12.7. The topological polar surface area (TPSA) is 35.5 Å². The van der Waals surface area contributed by atoms with Crippen molar-refractivity contribution in [2.45, 2.75) is 46.0 Å². The second-order valence-electron chi connectivity index (χ2n) is 6.98. The van der Waals surface area contributed by atoms with Crippen LogP contribution in [-0.2, 0) is 4.65 Å². The van der Waals surface area contributed by atoms with Gasteiger partial charge in [0.15, 0.2) is 5.78 Å². The maximum atomic E-state index is 12.0.